The van der Waals surface area contributed by atoms with Gasteiger partial charge in [-0.3, -0.25) is 4.79 Å². The van der Waals surface area contributed by atoms with Crippen LogP contribution in [0.25, 0.3) is 0 Å². The zero-order valence-electron chi connectivity index (χ0n) is 15.7. The van der Waals surface area contributed by atoms with Gasteiger partial charge in [-0.05, 0) is 18.6 Å². The van der Waals surface area contributed by atoms with E-state index >= 15 is 0 Å². The van der Waals surface area contributed by atoms with Crippen LogP contribution in [0.1, 0.15) is 30.4 Å². The zero-order valence-corrected chi connectivity index (χ0v) is 15.7. The Kier molecular flexibility index (Phi) is 6.04. The third-order valence-electron chi connectivity index (χ3n) is 4.86. The molecule has 0 N–H and O–H groups in total. The second-order valence-corrected chi connectivity index (χ2v) is 6.62. The molecule has 2 aromatic carbocycles. The van der Waals surface area contributed by atoms with Crippen molar-refractivity contribution in [1.82, 2.24) is 4.90 Å². The Balaban J connectivity index is 2.02. The minimum absolute atomic E-state index is 0.0666. The maximum atomic E-state index is 14.1. The molecule has 0 saturated carbocycles. The molecule has 144 valence electrons. The lowest BCUT2D eigenvalue weighted by molar-refractivity contribution is -0.139. The van der Waals surface area contributed by atoms with E-state index in [-0.39, 0.29) is 31.3 Å². The van der Waals surface area contributed by atoms with E-state index in [4.69, 9.17) is 4.74 Å². The van der Waals surface area contributed by atoms with E-state index in [1.165, 1.54) is 17.0 Å². The smallest absolute Gasteiger partial charge is 0.336 e. The van der Waals surface area contributed by atoms with Gasteiger partial charge in [0.25, 0.3) is 0 Å². The number of allylic oxidation sites excluding steroid dienone is 1. The van der Waals surface area contributed by atoms with Crippen molar-refractivity contribution in [2.45, 2.75) is 25.8 Å². The van der Waals surface area contributed by atoms with Crippen LogP contribution in [0.4, 0.5) is 4.39 Å². The van der Waals surface area contributed by atoms with Gasteiger partial charge in [0.05, 0.1) is 12.1 Å². The number of nitrogens with zero attached hydrogens (tertiary/aromatic N) is 1. The Morgan fingerprint density at radius 1 is 1.21 bits per heavy atom. The predicted octanol–water partition coefficient (Wildman–Crippen LogP) is 4.35. The fourth-order valence-corrected chi connectivity index (χ4v) is 3.45. The monoisotopic (exact) mass is 379 g/mol. The van der Waals surface area contributed by atoms with E-state index in [0.717, 1.165) is 5.56 Å². The summed E-state index contributed by atoms with van der Waals surface area (Å²) in [7, 11) is 0. The largest absolute Gasteiger partial charge is 0.458 e. The van der Waals surface area contributed by atoms with Gasteiger partial charge in [-0.25, -0.2) is 9.18 Å². The standard InChI is InChI=1S/C23H22FNO3/c1-3-13-28-23(27)22-16(2)25(15-18-11-7-8-12-20(18)24)21(26)14-19(22)17-9-5-4-6-10-17/h3-12,19H,1,13-15H2,2H3. The average molecular weight is 379 g/mol. The molecule has 5 heteroatoms. The first-order valence-corrected chi connectivity index (χ1v) is 9.10. The van der Waals surface area contributed by atoms with Gasteiger partial charge in [0.2, 0.25) is 5.91 Å². The van der Waals surface area contributed by atoms with Crippen LogP contribution in [-0.4, -0.2) is 23.4 Å². The highest BCUT2D eigenvalue weighted by Crippen LogP contribution is 2.37. The summed E-state index contributed by atoms with van der Waals surface area (Å²) in [5.41, 5.74) is 2.17. The second kappa shape index (κ2) is 8.65. The van der Waals surface area contributed by atoms with Crippen molar-refractivity contribution in [2.24, 2.45) is 0 Å². The van der Waals surface area contributed by atoms with Gasteiger partial charge in [-0.15, -0.1) is 0 Å². The third kappa shape index (κ3) is 4.03. The van der Waals surface area contributed by atoms with Crippen LogP contribution in [0, 0.1) is 5.82 Å². The fraction of sp³-hybridized carbons (Fsp3) is 0.217. The molecule has 0 bridgehead atoms. The highest BCUT2D eigenvalue weighted by Gasteiger charge is 2.37. The normalized spacial score (nSPS) is 16.9. The van der Waals surface area contributed by atoms with E-state index in [1.807, 2.05) is 30.3 Å². The molecule has 1 atom stereocenters. The number of esters is 1. The van der Waals surface area contributed by atoms with Crippen LogP contribution >= 0.6 is 0 Å². The molecule has 3 rings (SSSR count). The van der Waals surface area contributed by atoms with Gasteiger partial charge in [-0.1, -0.05) is 61.2 Å². The molecule has 1 aliphatic rings. The molecule has 0 spiro atoms. The Morgan fingerprint density at radius 2 is 1.89 bits per heavy atom. The first kappa shape index (κ1) is 19.5. The van der Waals surface area contributed by atoms with Crippen LogP contribution < -0.4 is 0 Å². The Morgan fingerprint density at radius 3 is 2.57 bits per heavy atom. The van der Waals surface area contributed by atoms with Crippen molar-refractivity contribution < 1.29 is 18.7 Å². The molecule has 1 heterocycles. The number of halogens is 1. The van der Waals surface area contributed by atoms with Crippen LogP contribution in [-0.2, 0) is 20.9 Å². The topological polar surface area (TPSA) is 46.6 Å². The molecule has 0 saturated heterocycles. The van der Waals surface area contributed by atoms with E-state index in [0.29, 0.717) is 16.8 Å². The van der Waals surface area contributed by atoms with Crippen LogP contribution in [0.15, 0.2) is 78.5 Å². The summed E-state index contributed by atoms with van der Waals surface area (Å²) in [5, 5.41) is 0. The average Bonchev–Trinajstić information content (AvgIpc) is 2.70. The number of hydrogen-bond acceptors (Lipinski definition) is 3. The summed E-state index contributed by atoms with van der Waals surface area (Å²) < 4.78 is 19.4. The van der Waals surface area contributed by atoms with Crippen molar-refractivity contribution in [2.75, 3.05) is 6.61 Å². The Labute approximate surface area is 163 Å². The van der Waals surface area contributed by atoms with Crippen molar-refractivity contribution in [3.05, 3.63) is 95.5 Å². The minimum Gasteiger partial charge on any atom is -0.458 e. The maximum Gasteiger partial charge on any atom is 0.336 e. The molecule has 0 fully saturated rings. The molecule has 1 amide bonds. The molecular weight excluding hydrogens is 357 g/mol. The number of carbonyl (C=O) groups excluding carboxylic acids is 2. The molecule has 28 heavy (non-hydrogen) atoms. The first-order valence-electron chi connectivity index (χ1n) is 9.10. The van der Waals surface area contributed by atoms with Gasteiger partial charge in [0.1, 0.15) is 12.4 Å². The lowest BCUT2D eigenvalue weighted by atomic mass is 9.83. The van der Waals surface area contributed by atoms with Crippen LogP contribution in [0.5, 0.6) is 0 Å². The number of amides is 1. The van der Waals surface area contributed by atoms with E-state index in [2.05, 4.69) is 6.58 Å². The summed E-state index contributed by atoms with van der Waals surface area (Å²) >= 11 is 0. The highest BCUT2D eigenvalue weighted by atomic mass is 19.1. The number of benzene rings is 2. The van der Waals surface area contributed by atoms with Gasteiger partial charge in [-0.2, -0.15) is 0 Å². The summed E-state index contributed by atoms with van der Waals surface area (Å²) in [5.74, 6) is -1.43. The summed E-state index contributed by atoms with van der Waals surface area (Å²) in [6.07, 6.45) is 1.62. The molecule has 1 aliphatic heterocycles. The van der Waals surface area contributed by atoms with Crippen molar-refractivity contribution in [1.29, 1.82) is 0 Å². The van der Waals surface area contributed by atoms with Gasteiger partial charge < -0.3 is 9.64 Å². The summed E-state index contributed by atoms with van der Waals surface area (Å²) in [4.78, 5) is 27.1. The predicted molar refractivity (Wildman–Crippen MR) is 105 cm³/mol. The fourth-order valence-electron chi connectivity index (χ4n) is 3.45. The summed E-state index contributed by atoms with van der Waals surface area (Å²) in [6, 6.07) is 15.7. The molecule has 2 aromatic rings. The lowest BCUT2D eigenvalue weighted by Crippen LogP contribution is -2.38. The minimum atomic E-state index is -0.489. The molecule has 0 aromatic heterocycles. The van der Waals surface area contributed by atoms with Crippen molar-refractivity contribution in [3.8, 4) is 0 Å². The number of ether oxygens (including phenoxy) is 1. The number of rotatable bonds is 6. The number of hydrogen-bond donors (Lipinski definition) is 0. The van der Waals surface area contributed by atoms with Gasteiger partial charge in [0, 0.05) is 23.6 Å². The quantitative estimate of drug-likeness (QED) is 0.554. The lowest BCUT2D eigenvalue weighted by Gasteiger charge is -2.34. The van der Waals surface area contributed by atoms with Crippen LogP contribution in [0.2, 0.25) is 0 Å². The SMILES string of the molecule is C=CCOC(=O)C1=C(C)N(Cc2ccccc2F)C(=O)CC1c1ccccc1. The molecule has 1 unspecified atom stereocenters. The second-order valence-electron chi connectivity index (χ2n) is 6.62. The van der Waals surface area contributed by atoms with Crippen molar-refractivity contribution >= 4 is 11.9 Å². The Bertz CT molecular complexity index is 920. The first-order chi connectivity index (χ1) is 13.5. The Hall–Kier alpha value is -3.21. The highest BCUT2D eigenvalue weighted by molar-refractivity contribution is 5.95. The molecule has 0 aliphatic carbocycles. The molecule has 4 nitrogen and oxygen atoms in total. The number of carbonyl (C=O) groups is 2. The van der Waals surface area contributed by atoms with Crippen LogP contribution in [0.3, 0.4) is 0 Å². The van der Waals surface area contributed by atoms with Gasteiger partial charge >= 0.3 is 5.97 Å². The van der Waals surface area contributed by atoms with E-state index in [9.17, 15) is 14.0 Å². The van der Waals surface area contributed by atoms with E-state index in [1.54, 1.807) is 25.1 Å². The maximum absolute atomic E-state index is 14.1. The third-order valence-corrected chi connectivity index (χ3v) is 4.86. The van der Waals surface area contributed by atoms with Crippen molar-refractivity contribution in [3.63, 3.8) is 0 Å². The zero-order chi connectivity index (χ0) is 20.1. The summed E-state index contributed by atoms with van der Waals surface area (Å²) in [6.45, 7) is 5.42. The molecule has 0 radical (unpaired) electrons. The van der Waals surface area contributed by atoms with Gasteiger partial charge in [0.15, 0.2) is 0 Å². The molecular formula is C23H22FNO3. The van der Waals surface area contributed by atoms with E-state index < -0.39 is 11.9 Å².